The summed E-state index contributed by atoms with van der Waals surface area (Å²) in [6.07, 6.45) is -3.96. The second-order valence-corrected chi connectivity index (χ2v) is 4.12. The van der Waals surface area contributed by atoms with Crippen molar-refractivity contribution in [3.8, 4) is 11.1 Å². The van der Waals surface area contributed by atoms with Gasteiger partial charge in [0.2, 0.25) is 0 Å². The van der Waals surface area contributed by atoms with Crippen LogP contribution in [0.4, 0.5) is 23.4 Å². The lowest BCUT2D eigenvalue weighted by Gasteiger charge is -2.12. The third-order valence-corrected chi connectivity index (χ3v) is 2.75. The Morgan fingerprint density at radius 1 is 1.24 bits per heavy atom. The third-order valence-electron chi connectivity index (χ3n) is 2.75. The van der Waals surface area contributed by atoms with Gasteiger partial charge in [-0.25, -0.2) is 14.2 Å². The number of carbonyl (C=O) groups is 1. The minimum Gasteiger partial charge on any atom is -0.478 e. The van der Waals surface area contributed by atoms with Crippen molar-refractivity contribution >= 4 is 11.8 Å². The molecular weight excluding hydrogens is 292 g/mol. The first-order valence-electron chi connectivity index (χ1n) is 5.56. The van der Waals surface area contributed by atoms with E-state index in [9.17, 15) is 22.4 Å². The zero-order chi connectivity index (χ0) is 15.8. The molecular formula is C13H8F4N2O2. The number of hydrogen-bond acceptors (Lipinski definition) is 3. The molecule has 2 rings (SSSR count). The van der Waals surface area contributed by atoms with E-state index in [2.05, 4.69) is 4.98 Å². The van der Waals surface area contributed by atoms with Crippen LogP contribution in [0.1, 0.15) is 15.9 Å². The van der Waals surface area contributed by atoms with Crippen LogP contribution in [0.25, 0.3) is 11.1 Å². The first kappa shape index (κ1) is 14.8. The highest BCUT2D eigenvalue weighted by molar-refractivity contribution is 5.96. The predicted octanol–water partition coefficient (Wildman–Crippen LogP) is 3.19. The number of nitrogens with two attached hydrogens (primary N) is 1. The molecule has 0 unspecified atom stereocenters. The van der Waals surface area contributed by atoms with Crippen LogP contribution < -0.4 is 5.73 Å². The van der Waals surface area contributed by atoms with E-state index in [1.54, 1.807) is 0 Å². The molecule has 1 heterocycles. The lowest BCUT2D eigenvalue weighted by Crippen LogP contribution is -2.10. The van der Waals surface area contributed by atoms with Gasteiger partial charge in [0.25, 0.3) is 0 Å². The molecule has 110 valence electrons. The average Bonchev–Trinajstić information content (AvgIpc) is 2.38. The van der Waals surface area contributed by atoms with Gasteiger partial charge in [-0.3, -0.25) is 0 Å². The van der Waals surface area contributed by atoms with Crippen LogP contribution in [-0.4, -0.2) is 16.1 Å². The van der Waals surface area contributed by atoms with Gasteiger partial charge >= 0.3 is 12.1 Å². The van der Waals surface area contributed by atoms with Gasteiger partial charge in [-0.2, -0.15) is 13.2 Å². The number of pyridine rings is 1. The molecule has 21 heavy (non-hydrogen) atoms. The average molecular weight is 300 g/mol. The second-order valence-electron chi connectivity index (χ2n) is 4.12. The number of rotatable bonds is 2. The SMILES string of the molecule is Nc1cc(C(=O)O)c(-c2cccc(C(F)(F)F)c2F)cn1. The number of nitrogen functional groups attached to an aromatic ring is 1. The van der Waals surface area contributed by atoms with E-state index < -0.39 is 34.7 Å². The number of nitrogens with zero attached hydrogens (tertiary/aromatic N) is 1. The number of hydrogen-bond donors (Lipinski definition) is 2. The van der Waals surface area contributed by atoms with Gasteiger partial charge in [0.15, 0.2) is 0 Å². The standard InChI is InChI=1S/C13H8F4N2O2/c14-11-6(2-1-3-9(11)13(15,16)17)8-5-19-10(18)4-7(8)12(20)21/h1-5H,(H2,18,19)(H,20,21). The number of anilines is 1. The van der Waals surface area contributed by atoms with E-state index in [-0.39, 0.29) is 11.4 Å². The van der Waals surface area contributed by atoms with Crippen molar-refractivity contribution in [1.29, 1.82) is 0 Å². The molecule has 0 fully saturated rings. The summed E-state index contributed by atoms with van der Waals surface area (Å²) in [6, 6.07) is 3.56. The van der Waals surface area contributed by atoms with Crippen LogP contribution in [0, 0.1) is 5.82 Å². The van der Waals surface area contributed by atoms with Crippen LogP contribution in [0.2, 0.25) is 0 Å². The Bertz CT molecular complexity index is 714. The molecule has 0 saturated heterocycles. The summed E-state index contributed by atoms with van der Waals surface area (Å²) in [5.74, 6) is -3.14. The van der Waals surface area contributed by atoms with Crippen molar-refractivity contribution in [1.82, 2.24) is 4.98 Å². The zero-order valence-electron chi connectivity index (χ0n) is 10.3. The van der Waals surface area contributed by atoms with Crippen LogP contribution in [0.5, 0.6) is 0 Å². The molecule has 0 saturated carbocycles. The first-order chi connectivity index (χ1) is 9.71. The predicted molar refractivity (Wildman–Crippen MR) is 66.0 cm³/mol. The van der Waals surface area contributed by atoms with Crippen molar-refractivity contribution in [2.24, 2.45) is 0 Å². The topological polar surface area (TPSA) is 76.2 Å². The van der Waals surface area contributed by atoms with Crippen molar-refractivity contribution in [2.75, 3.05) is 5.73 Å². The van der Waals surface area contributed by atoms with Gasteiger partial charge in [0.1, 0.15) is 11.6 Å². The number of carboxylic acids is 1. The number of alkyl halides is 3. The highest BCUT2D eigenvalue weighted by Gasteiger charge is 2.35. The highest BCUT2D eigenvalue weighted by Crippen LogP contribution is 2.36. The Balaban J connectivity index is 2.72. The summed E-state index contributed by atoms with van der Waals surface area (Å²) in [6.45, 7) is 0. The quantitative estimate of drug-likeness (QED) is 0.835. The molecule has 1 aromatic heterocycles. The summed E-state index contributed by atoms with van der Waals surface area (Å²) in [4.78, 5) is 14.7. The second kappa shape index (κ2) is 5.04. The lowest BCUT2D eigenvalue weighted by molar-refractivity contribution is -0.139. The van der Waals surface area contributed by atoms with E-state index in [4.69, 9.17) is 10.8 Å². The molecule has 0 aliphatic rings. The van der Waals surface area contributed by atoms with Crippen molar-refractivity contribution in [3.63, 3.8) is 0 Å². The van der Waals surface area contributed by atoms with Crippen molar-refractivity contribution in [3.05, 3.63) is 47.4 Å². The van der Waals surface area contributed by atoms with Gasteiger partial charge in [-0.1, -0.05) is 12.1 Å². The zero-order valence-corrected chi connectivity index (χ0v) is 10.3. The molecule has 0 bridgehead atoms. The van der Waals surface area contributed by atoms with Crippen LogP contribution in [0.3, 0.4) is 0 Å². The first-order valence-corrected chi connectivity index (χ1v) is 5.56. The van der Waals surface area contributed by atoms with E-state index in [1.165, 1.54) is 0 Å². The number of benzene rings is 1. The maximum atomic E-state index is 14.0. The van der Waals surface area contributed by atoms with Gasteiger partial charge in [0.05, 0.1) is 11.1 Å². The normalized spacial score (nSPS) is 11.4. The molecule has 0 radical (unpaired) electrons. The minimum atomic E-state index is -4.88. The van der Waals surface area contributed by atoms with Gasteiger partial charge < -0.3 is 10.8 Å². The molecule has 4 nitrogen and oxygen atoms in total. The Morgan fingerprint density at radius 3 is 2.48 bits per heavy atom. The maximum Gasteiger partial charge on any atom is 0.419 e. The smallest absolute Gasteiger partial charge is 0.419 e. The summed E-state index contributed by atoms with van der Waals surface area (Å²) >= 11 is 0. The van der Waals surface area contributed by atoms with E-state index in [0.29, 0.717) is 6.07 Å². The summed E-state index contributed by atoms with van der Waals surface area (Å²) in [7, 11) is 0. The Labute approximate surface area is 115 Å². The van der Waals surface area contributed by atoms with Crippen LogP contribution in [-0.2, 0) is 6.18 Å². The summed E-state index contributed by atoms with van der Waals surface area (Å²) in [5, 5.41) is 9.04. The largest absolute Gasteiger partial charge is 0.478 e. The fourth-order valence-electron chi connectivity index (χ4n) is 1.82. The number of carboxylic acid groups (broad SMARTS) is 1. The minimum absolute atomic E-state index is 0.136. The summed E-state index contributed by atoms with van der Waals surface area (Å²) in [5.41, 5.74) is 2.64. The Morgan fingerprint density at radius 2 is 1.90 bits per heavy atom. The van der Waals surface area contributed by atoms with Crippen molar-refractivity contribution in [2.45, 2.75) is 6.18 Å². The third kappa shape index (κ3) is 2.78. The molecule has 3 N–H and O–H groups in total. The van der Waals surface area contributed by atoms with Crippen molar-refractivity contribution < 1.29 is 27.5 Å². The molecule has 0 amide bonds. The van der Waals surface area contributed by atoms with E-state index in [0.717, 1.165) is 24.4 Å². The Hall–Kier alpha value is -2.64. The molecule has 0 atom stereocenters. The molecule has 8 heteroatoms. The molecule has 0 spiro atoms. The van der Waals surface area contributed by atoms with Gasteiger partial charge in [-0.15, -0.1) is 0 Å². The van der Waals surface area contributed by atoms with Gasteiger partial charge in [0, 0.05) is 17.3 Å². The fraction of sp³-hybridized carbons (Fsp3) is 0.0769. The molecule has 0 aliphatic heterocycles. The number of aromatic nitrogens is 1. The highest BCUT2D eigenvalue weighted by atomic mass is 19.4. The maximum absolute atomic E-state index is 14.0. The summed E-state index contributed by atoms with van der Waals surface area (Å²) < 4.78 is 52.1. The van der Waals surface area contributed by atoms with Gasteiger partial charge in [-0.05, 0) is 12.1 Å². The molecule has 1 aromatic carbocycles. The number of aromatic carboxylic acids is 1. The van der Waals surface area contributed by atoms with Crippen LogP contribution in [0.15, 0.2) is 30.5 Å². The van der Waals surface area contributed by atoms with Crippen LogP contribution >= 0.6 is 0 Å². The van der Waals surface area contributed by atoms with E-state index >= 15 is 0 Å². The van der Waals surface area contributed by atoms with E-state index in [1.807, 2.05) is 0 Å². The lowest BCUT2D eigenvalue weighted by atomic mass is 9.99. The number of halogens is 4. The molecule has 0 aliphatic carbocycles. The monoisotopic (exact) mass is 300 g/mol. The Kier molecular flexibility index (Phi) is 3.54. The fourth-order valence-corrected chi connectivity index (χ4v) is 1.82. The molecule has 2 aromatic rings.